The number of fused-ring (bicyclic) bond motifs is 1. The Bertz CT molecular complexity index is 928. The summed E-state index contributed by atoms with van der Waals surface area (Å²) in [6.45, 7) is 2.51. The highest BCUT2D eigenvalue weighted by Crippen LogP contribution is 2.14. The lowest BCUT2D eigenvalue weighted by molar-refractivity contribution is -0.392. The van der Waals surface area contributed by atoms with Crippen molar-refractivity contribution >= 4 is 16.6 Å². The molecule has 0 saturated heterocycles. The zero-order chi connectivity index (χ0) is 16.4. The molecular formula is C15H15N5O3. The molecule has 0 radical (unpaired) electrons. The minimum Gasteiger partial charge on any atom is -0.358 e. The Morgan fingerprint density at radius 3 is 2.78 bits per heavy atom. The molecule has 8 nitrogen and oxygen atoms in total. The summed E-state index contributed by atoms with van der Waals surface area (Å²) in [7, 11) is 0. The first kappa shape index (κ1) is 14.9. The molecule has 1 aromatic carbocycles. The number of rotatable bonds is 5. The zero-order valence-corrected chi connectivity index (χ0v) is 12.5. The molecule has 0 aliphatic carbocycles. The van der Waals surface area contributed by atoms with E-state index >= 15 is 0 Å². The van der Waals surface area contributed by atoms with Crippen LogP contribution in [0.4, 0.5) is 5.82 Å². The Kier molecular flexibility index (Phi) is 3.88. The van der Waals surface area contributed by atoms with E-state index in [0.29, 0.717) is 30.7 Å². The third-order valence-corrected chi connectivity index (χ3v) is 3.73. The highest BCUT2D eigenvalue weighted by Gasteiger charge is 2.16. The first-order valence-electron chi connectivity index (χ1n) is 7.19. The number of hydrogen-bond donors (Lipinski definition) is 0. The van der Waals surface area contributed by atoms with Gasteiger partial charge in [0.2, 0.25) is 0 Å². The third kappa shape index (κ3) is 2.83. The van der Waals surface area contributed by atoms with Crippen LogP contribution in [-0.4, -0.2) is 24.3 Å². The van der Waals surface area contributed by atoms with Crippen LogP contribution in [0.3, 0.4) is 0 Å². The van der Waals surface area contributed by atoms with Crippen molar-refractivity contribution in [2.45, 2.75) is 26.4 Å². The van der Waals surface area contributed by atoms with Gasteiger partial charge in [0.1, 0.15) is 6.20 Å². The number of nitro groups is 1. The number of aromatic nitrogens is 4. The van der Waals surface area contributed by atoms with Crippen molar-refractivity contribution in [2.24, 2.45) is 0 Å². The fourth-order valence-corrected chi connectivity index (χ4v) is 2.54. The molecule has 8 heteroatoms. The molecule has 118 valence electrons. The van der Waals surface area contributed by atoms with Crippen molar-refractivity contribution in [2.75, 3.05) is 0 Å². The maximum Gasteiger partial charge on any atom is 0.342 e. The average molecular weight is 313 g/mol. The number of nitrogens with zero attached hydrogens (tertiary/aromatic N) is 5. The van der Waals surface area contributed by atoms with E-state index in [9.17, 15) is 14.9 Å². The number of aryl methyl sites for hydroxylation is 2. The second kappa shape index (κ2) is 5.99. The predicted octanol–water partition coefficient (Wildman–Crippen LogP) is 1.90. The fraction of sp³-hybridized carbons (Fsp3) is 0.267. The quantitative estimate of drug-likeness (QED) is 0.529. The summed E-state index contributed by atoms with van der Waals surface area (Å²) in [6, 6.07) is 7.27. The minimum atomic E-state index is -0.458. The zero-order valence-electron chi connectivity index (χ0n) is 12.5. The summed E-state index contributed by atoms with van der Waals surface area (Å²) < 4.78 is 2.92. The van der Waals surface area contributed by atoms with Gasteiger partial charge in [0.05, 0.1) is 18.1 Å². The molecular weight excluding hydrogens is 298 g/mol. The first-order chi connectivity index (χ1) is 11.1. The van der Waals surface area contributed by atoms with Crippen molar-refractivity contribution < 1.29 is 4.92 Å². The van der Waals surface area contributed by atoms with Crippen LogP contribution in [0, 0.1) is 17.0 Å². The maximum atomic E-state index is 12.3. The standard InChI is InChI=1S/C15H15N5O3/c1-11-16-10-14(20(22)23)18(11)7-4-8-19-15(21)13-6-3-2-5-12(13)9-17-19/h2-3,5-6,9-10H,4,7-8H2,1H3. The molecule has 0 spiro atoms. The van der Waals surface area contributed by atoms with Crippen molar-refractivity contribution in [1.82, 2.24) is 19.3 Å². The van der Waals surface area contributed by atoms with Gasteiger partial charge in [0.15, 0.2) is 5.82 Å². The largest absolute Gasteiger partial charge is 0.358 e. The van der Waals surface area contributed by atoms with Gasteiger partial charge >= 0.3 is 5.82 Å². The molecule has 0 bridgehead atoms. The predicted molar refractivity (Wildman–Crippen MR) is 84.2 cm³/mol. The summed E-state index contributed by atoms with van der Waals surface area (Å²) in [4.78, 5) is 26.8. The molecule has 0 amide bonds. The maximum absolute atomic E-state index is 12.3. The molecule has 0 fully saturated rings. The Hall–Kier alpha value is -3.03. The van der Waals surface area contributed by atoms with Crippen LogP contribution >= 0.6 is 0 Å². The molecule has 0 aliphatic rings. The molecule has 0 N–H and O–H groups in total. The van der Waals surface area contributed by atoms with Crippen molar-refractivity contribution in [3.63, 3.8) is 0 Å². The first-order valence-corrected chi connectivity index (χ1v) is 7.19. The van der Waals surface area contributed by atoms with E-state index in [4.69, 9.17) is 0 Å². The van der Waals surface area contributed by atoms with Crippen LogP contribution in [0.1, 0.15) is 12.2 Å². The SMILES string of the molecule is Cc1ncc([N+](=O)[O-])n1CCCn1ncc2ccccc2c1=O. The Morgan fingerprint density at radius 1 is 1.22 bits per heavy atom. The summed E-state index contributed by atoms with van der Waals surface area (Å²) in [5.41, 5.74) is -0.153. The van der Waals surface area contributed by atoms with Gasteiger partial charge in [-0.25, -0.2) is 14.2 Å². The smallest absolute Gasteiger partial charge is 0.342 e. The van der Waals surface area contributed by atoms with Gasteiger partial charge in [-0.1, -0.05) is 18.2 Å². The fourth-order valence-electron chi connectivity index (χ4n) is 2.54. The Morgan fingerprint density at radius 2 is 2.00 bits per heavy atom. The van der Waals surface area contributed by atoms with E-state index < -0.39 is 4.92 Å². The molecule has 0 saturated carbocycles. The van der Waals surface area contributed by atoms with Crippen LogP contribution in [0.5, 0.6) is 0 Å². The van der Waals surface area contributed by atoms with Crippen LogP contribution in [0.15, 0.2) is 41.5 Å². The van der Waals surface area contributed by atoms with Gasteiger partial charge in [-0.15, -0.1) is 0 Å². The molecule has 0 atom stereocenters. The molecule has 3 aromatic rings. The van der Waals surface area contributed by atoms with Crippen LogP contribution in [0.2, 0.25) is 0 Å². The van der Waals surface area contributed by atoms with E-state index in [1.54, 1.807) is 19.2 Å². The molecule has 2 aromatic heterocycles. The van der Waals surface area contributed by atoms with E-state index in [0.717, 1.165) is 5.39 Å². The topological polar surface area (TPSA) is 95.8 Å². The van der Waals surface area contributed by atoms with Gasteiger partial charge in [0.25, 0.3) is 5.56 Å². The van der Waals surface area contributed by atoms with Crippen molar-refractivity contribution in [3.8, 4) is 0 Å². The van der Waals surface area contributed by atoms with E-state index in [1.165, 1.54) is 15.4 Å². The summed E-state index contributed by atoms with van der Waals surface area (Å²) in [5, 5.41) is 16.5. The highest BCUT2D eigenvalue weighted by molar-refractivity contribution is 5.80. The molecule has 0 aliphatic heterocycles. The lowest BCUT2D eigenvalue weighted by Gasteiger charge is -2.06. The van der Waals surface area contributed by atoms with E-state index in [2.05, 4.69) is 10.1 Å². The average Bonchev–Trinajstić information content (AvgIpc) is 2.91. The summed E-state index contributed by atoms with van der Waals surface area (Å²) in [6.07, 6.45) is 3.45. The van der Waals surface area contributed by atoms with E-state index in [1.807, 2.05) is 18.2 Å². The third-order valence-electron chi connectivity index (χ3n) is 3.73. The van der Waals surface area contributed by atoms with Gasteiger partial charge in [-0.3, -0.25) is 4.79 Å². The van der Waals surface area contributed by atoms with Gasteiger partial charge in [-0.2, -0.15) is 5.10 Å². The number of imidazole rings is 1. The van der Waals surface area contributed by atoms with Crippen LogP contribution in [-0.2, 0) is 13.1 Å². The van der Waals surface area contributed by atoms with Gasteiger partial charge < -0.3 is 10.1 Å². The summed E-state index contributed by atoms with van der Waals surface area (Å²) >= 11 is 0. The second-order valence-electron chi connectivity index (χ2n) is 5.19. The summed E-state index contributed by atoms with van der Waals surface area (Å²) in [5.74, 6) is 0.539. The highest BCUT2D eigenvalue weighted by atomic mass is 16.6. The van der Waals surface area contributed by atoms with Crippen LogP contribution < -0.4 is 5.56 Å². The van der Waals surface area contributed by atoms with Gasteiger partial charge in [0, 0.05) is 25.3 Å². The van der Waals surface area contributed by atoms with Crippen molar-refractivity contribution in [1.29, 1.82) is 0 Å². The normalized spacial score (nSPS) is 11.0. The number of hydrogen-bond acceptors (Lipinski definition) is 5. The molecule has 0 unspecified atom stereocenters. The Balaban J connectivity index is 1.77. The lowest BCUT2D eigenvalue weighted by Crippen LogP contribution is -2.23. The monoisotopic (exact) mass is 313 g/mol. The minimum absolute atomic E-state index is 0.0404. The molecule has 23 heavy (non-hydrogen) atoms. The van der Waals surface area contributed by atoms with Gasteiger partial charge in [-0.05, 0) is 11.0 Å². The Labute approximate surface area is 131 Å². The van der Waals surface area contributed by atoms with E-state index in [-0.39, 0.29) is 11.4 Å². The second-order valence-corrected chi connectivity index (χ2v) is 5.19. The van der Waals surface area contributed by atoms with Crippen LogP contribution in [0.25, 0.3) is 10.8 Å². The molecule has 2 heterocycles. The number of benzene rings is 1. The molecule has 3 rings (SSSR count). The van der Waals surface area contributed by atoms with Crippen molar-refractivity contribution in [3.05, 3.63) is 63.0 Å². The lowest BCUT2D eigenvalue weighted by atomic mass is 10.2.